The van der Waals surface area contributed by atoms with Gasteiger partial charge in [0.1, 0.15) is 5.65 Å². The molecule has 2 saturated carbocycles. The normalized spacial score (nSPS) is 19.4. The van der Waals surface area contributed by atoms with Gasteiger partial charge in [0.2, 0.25) is 5.95 Å². The van der Waals surface area contributed by atoms with Gasteiger partial charge in [0.05, 0.1) is 9.99 Å². The van der Waals surface area contributed by atoms with Crippen LogP contribution in [0.5, 0.6) is 0 Å². The summed E-state index contributed by atoms with van der Waals surface area (Å²) in [6, 6.07) is 7.49. The largest absolute Gasteiger partial charge is 0.336 e. The standard InChI is InChI=1S/C20H23BrN4/c21-18-16-10-5-12-22-19(16)25-17(18)11-13-23-20(25)24(14-6-1-2-7-14)15-8-3-4-9-15/h5,10-15H,1-4,6-9H2. The summed E-state index contributed by atoms with van der Waals surface area (Å²) in [5.41, 5.74) is 2.17. The van der Waals surface area contributed by atoms with Crippen LogP contribution in [0.4, 0.5) is 5.95 Å². The molecule has 0 spiro atoms. The van der Waals surface area contributed by atoms with Gasteiger partial charge < -0.3 is 4.90 Å². The molecule has 4 nitrogen and oxygen atoms in total. The number of hydrogen-bond acceptors (Lipinski definition) is 3. The lowest BCUT2D eigenvalue weighted by molar-refractivity contribution is 0.500. The number of anilines is 1. The molecule has 2 fully saturated rings. The maximum Gasteiger partial charge on any atom is 0.212 e. The van der Waals surface area contributed by atoms with Crippen molar-refractivity contribution in [1.29, 1.82) is 0 Å². The quantitative estimate of drug-likeness (QED) is 0.596. The summed E-state index contributed by atoms with van der Waals surface area (Å²) in [6.07, 6.45) is 14.4. The SMILES string of the molecule is Brc1c2cccnc2n2c(N(C3CCCC3)C3CCCC3)nccc12. The van der Waals surface area contributed by atoms with Crippen molar-refractivity contribution in [2.45, 2.75) is 63.5 Å². The summed E-state index contributed by atoms with van der Waals surface area (Å²) in [6.45, 7) is 0. The Kier molecular flexibility index (Phi) is 3.92. The maximum absolute atomic E-state index is 4.89. The predicted octanol–water partition coefficient (Wildman–Crippen LogP) is 5.34. The molecule has 2 aliphatic rings. The topological polar surface area (TPSA) is 33.4 Å². The molecular weight excluding hydrogens is 376 g/mol. The molecule has 3 aromatic rings. The van der Waals surface area contributed by atoms with Gasteiger partial charge in [0, 0.05) is 29.9 Å². The molecule has 3 aromatic heterocycles. The molecule has 0 saturated heterocycles. The summed E-state index contributed by atoms with van der Waals surface area (Å²) < 4.78 is 3.40. The zero-order valence-corrected chi connectivity index (χ0v) is 16.0. The van der Waals surface area contributed by atoms with Crippen LogP contribution in [0, 0.1) is 0 Å². The van der Waals surface area contributed by atoms with E-state index >= 15 is 0 Å². The second-order valence-corrected chi connectivity index (χ2v) is 8.23. The molecule has 0 aliphatic heterocycles. The lowest BCUT2D eigenvalue weighted by Gasteiger charge is -2.36. The maximum atomic E-state index is 4.89. The monoisotopic (exact) mass is 398 g/mol. The van der Waals surface area contributed by atoms with E-state index in [1.165, 1.54) is 56.9 Å². The van der Waals surface area contributed by atoms with Gasteiger partial charge in [0.25, 0.3) is 0 Å². The first kappa shape index (κ1) is 15.6. The second-order valence-electron chi connectivity index (χ2n) is 7.44. The van der Waals surface area contributed by atoms with E-state index in [9.17, 15) is 0 Å². The first-order valence-corrected chi connectivity index (χ1v) is 10.3. The highest BCUT2D eigenvalue weighted by Gasteiger charge is 2.33. The van der Waals surface area contributed by atoms with Gasteiger partial charge in [-0.15, -0.1) is 0 Å². The first-order chi connectivity index (χ1) is 12.3. The molecular formula is C20H23BrN4. The zero-order chi connectivity index (χ0) is 16.8. The highest BCUT2D eigenvalue weighted by Crippen LogP contribution is 2.38. The van der Waals surface area contributed by atoms with Gasteiger partial charge >= 0.3 is 0 Å². The minimum absolute atomic E-state index is 0.626. The van der Waals surface area contributed by atoms with Gasteiger partial charge in [-0.05, 0) is 59.8 Å². The molecule has 0 amide bonds. The van der Waals surface area contributed by atoms with E-state index in [1.807, 2.05) is 18.5 Å². The molecule has 0 unspecified atom stereocenters. The van der Waals surface area contributed by atoms with Crippen molar-refractivity contribution < 1.29 is 0 Å². The van der Waals surface area contributed by atoms with Crippen LogP contribution in [0.1, 0.15) is 51.4 Å². The van der Waals surface area contributed by atoms with Crippen molar-refractivity contribution in [3.05, 3.63) is 35.1 Å². The molecule has 0 radical (unpaired) electrons. The van der Waals surface area contributed by atoms with E-state index in [1.54, 1.807) is 0 Å². The fourth-order valence-corrected chi connectivity index (χ4v) is 5.47. The number of nitrogens with zero attached hydrogens (tertiary/aromatic N) is 4. The first-order valence-electron chi connectivity index (χ1n) is 9.52. The number of hydrogen-bond donors (Lipinski definition) is 0. The number of aromatic nitrogens is 3. The van der Waals surface area contributed by atoms with Crippen LogP contribution in [0.25, 0.3) is 16.6 Å². The zero-order valence-electron chi connectivity index (χ0n) is 14.4. The third-order valence-corrected chi connectivity index (χ3v) is 6.82. The van der Waals surface area contributed by atoms with Gasteiger partial charge in [-0.1, -0.05) is 25.7 Å². The van der Waals surface area contributed by atoms with Crippen molar-refractivity contribution in [1.82, 2.24) is 14.4 Å². The molecule has 0 bridgehead atoms. The van der Waals surface area contributed by atoms with E-state index in [-0.39, 0.29) is 0 Å². The van der Waals surface area contributed by atoms with E-state index < -0.39 is 0 Å². The van der Waals surface area contributed by atoms with Gasteiger partial charge in [0.15, 0.2) is 0 Å². The minimum Gasteiger partial charge on any atom is -0.336 e. The summed E-state index contributed by atoms with van der Waals surface area (Å²) in [5.74, 6) is 1.09. The summed E-state index contributed by atoms with van der Waals surface area (Å²) >= 11 is 3.80. The highest BCUT2D eigenvalue weighted by molar-refractivity contribution is 9.10. The van der Waals surface area contributed by atoms with E-state index in [0.29, 0.717) is 12.1 Å². The number of rotatable bonds is 3. The van der Waals surface area contributed by atoms with Gasteiger partial charge in [-0.25, -0.2) is 9.97 Å². The van der Waals surface area contributed by atoms with Gasteiger partial charge in [-0.2, -0.15) is 0 Å². The molecule has 5 rings (SSSR count). The fourth-order valence-electron chi connectivity index (χ4n) is 4.85. The van der Waals surface area contributed by atoms with Crippen LogP contribution < -0.4 is 4.90 Å². The van der Waals surface area contributed by atoms with Crippen LogP contribution in [0.3, 0.4) is 0 Å². The minimum atomic E-state index is 0.626. The van der Waals surface area contributed by atoms with E-state index in [2.05, 4.69) is 37.4 Å². The van der Waals surface area contributed by atoms with Gasteiger partial charge in [-0.3, -0.25) is 4.40 Å². The number of fused-ring (bicyclic) bond motifs is 3. The molecule has 2 aliphatic carbocycles. The Labute approximate surface area is 156 Å². The lowest BCUT2D eigenvalue weighted by atomic mass is 10.1. The van der Waals surface area contributed by atoms with Crippen LogP contribution in [0.2, 0.25) is 0 Å². The van der Waals surface area contributed by atoms with Crippen LogP contribution in [-0.2, 0) is 0 Å². The molecule has 130 valence electrons. The van der Waals surface area contributed by atoms with Crippen molar-refractivity contribution in [3.63, 3.8) is 0 Å². The molecule has 0 aromatic carbocycles. The molecule has 0 N–H and O–H groups in total. The predicted molar refractivity (Wildman–Crippen MR) is 105 cm³/mol. The third-order valence-electron chi connectivity index (χ3n) is 5.99. The number of pyridine rings is 1. The summed E-state index contributed by atoms with van der Waals surface area (Å²) in [5, 5.41) is 1.16. The Morgan fingerprint density at radius 2 is 1.60 bits per heavy atom. The molecule has 25 heavy (non-hydrogen) atoms. The second kappa shape index (κ2) is 6.27. The summed E-state index contributed by atoms with van der Waals surface area (Å²) in [7, 11) is 0. The van der Waals surface area contributed by atoms with E-state index in [0.717, 1.165) is 21.5 Å². The lowest BCUT2D eigenvalue weighted by Crippen LogP contribution is -2.42. The molecule has 0 atom stereocenters. The van der Waals surface area contributed by atoms with Crippen molar-refractivity contribution in [2.75, 3.05) is 4.90 Å². The summed E-state index contributed by atoms with van der Waals surface area (Å²) in [4.78, 5) is 12.2. The average Bonchev–Trinajstić information content (AvgIpc) is 3.39. The molecule has 3 heterocycles. The van der Waals surface area contributed by atoms with Crippen molar-refractivity contribution in [3.8, 4) is 0 Å². The average molecular weight is 399 g/mol. The van der Waals surface area contributed by atoms with Crippen molar-refractivity contribution in [2.24, 2.45) is 0 Å². The van der Waals surface area contributed by atoms with Crippen molar-refractivity contribution >= 4 is 38.4 Å². The highest BCUT2D eigenvalue weighted by atomic mass is 79.9. The third kappa shape index (κ3) is 2.47. The molecule has 5 heteroatoms. The van der Waals surface area contributed by atoms with Crippen LogP contribution >= 0.6 is 15.9 Å². The Morgan fingerprint density at radius 3 is 2.28 bits per heavy atom. The number of halogens is 1. The Bertz CT molecular complexity index is 891. The fraction of sp³-hybridized carbons (Fsp3) is 0.500. The Hall–Kier alpha value is -1.62. The Morgan fingerprint density at radius 1 is 0.920 bits per heavy atom. The Balaban J connectivity index is 1.75. The van der Waals surface area contributed by atoms with Crippen LogP contribution in [0.15, 0.2) is 35.1 Å². The van der Waals surface area contributed by atoms with Crippen LogP contribution in [-0.4, -0.2) is 26.5 Å². The van der Waals surface area contributed by atoms with E-state index in [4.69, 9.17) is 9.97 Å². The smallest absolute Gasteiger partial charge is 0.212 e.